The zero-order chi connectivity index (χ0) is 14.2. The van der Waals surface area contributed by atoms with Gasteiger partial charge in [0.2, 0.25) is 0 Å². The van der Waals surface area contributed by atoms with Gasteiger partial charge in [-0.15, -0.1) is 0 Å². The summed E-state index contributed by atoms with van der Waals surface area (Å²) in [5, 5.41) is 4.31. The van der Waals surface area contributed by atoms with Crippen molar-refractivity contribution in [1.82, 2.24) is 5.32 Å². The molecular formula is C16H25NO2S. The monoisotopic (exact) mass is 295 g/mol. The van der Waals surface area contributed by atoms with Crippen LogP contribution >= 0.6 is 11.8 Å². The smallest absolute Gasteiger partial charge is 0.124 e. The second kappa shape index (κ2) is 8.55. The normalized spacial score (nSPS) is 16.7. The largest absolute Gasteiger partial charge is 0.494 e. The SMILES string of the molecule is CCCNC(CSC1COC1)c1ccccc1OCC. The summed E-state index contributed by atoms with van der Waals surface area (Å²) in [7, 11) is 0. The first kappa shape index (κ1) is 15.7. The molecule has 0 aliphatic carbocycles. The summed E-state index contributed by atoms with van der Waals surface area (Å²) in [6.45, 7) is 7.78. The number of ether oxygens (including phenoxy) is 2. The highest BCUT2D eigenvalue weighted by atomic mass is 32.2. The molecule has 0 aromatic heterocycles. The molecule has 0 radical (unpaired) electrons. The standard InChI is InChI=1S/C16H25NO2S/c1-3-9-17-15(12-20-13-10-18-11-13)14-7-5-6-8-16(14)19-4-2/h5-8,13,15,17H,3-4,9-12H2,1-2H3. The van der Waals surface area contributed by atoms with E-state index in [1.165, 1.54) is 5.56 Å². The zero-order valence-electron chi connectivity index (χ0n) is 12.4. The van der Waals surface area contributed by atoms with Crippen molar-refractivity contribution in [3.05, 3.63) is 29.8 Å². The first-order chi connectivity index (χ1) is 9.85. The summed E-state index contributed by atoms with van der Waals surface area (Å²) in [5.74, 6) is 2.08. The first-order valence-electron chi connectivity index (χ1n) is 7.49. The lowest BCUT2D eigenvalue weighted by atomic mass is 10.1. The van der Waals surface area contributed by atoms with Gasteiger partial charge >= 0.3 is 0 Å². The minimum Gasteiger partial charge on any atom is -0.494 e. The van der Waals surface area contributed by atoms with Gasteiger partial charge in [0.15, 0.2) is 0 Å². The van der Waals surface area contributed by atoms with Crippen LogP contribution in [0.2, 0.25) is 0 Å². The van der Waals surface area contributed by atoms with E-state index in [1.807, 2.05) is 24.8 Å². The maximum Gasteiger partial charge on any atom is 0.124 e. The molecule has 1 aromatic carbocycles. The van der Waals surface area contributed by atoms with Crippen LogP contribution < -0.4 is 10.1 Å². The van der Waals surface area contributed by atoms with Crippen LogP contribution in [0.1, 0.15) is 31.9 Å². The predicted octanol–water partition coefficient (Wildman–Crippen LogP) is 3.26. The van der Waals surface area contributed by atoms with Gasteiger partial charge < -0.3 is 14.8 Å². The molecule has 2 rings (SSSR count). The van der Waals surface area contributed by atoms with Gasteiger partial charge in [-0.3, -0.25) is 0 Å². The van der Waals surface area contributed by atoms with Gasteiger partial charge in [0.1, 0.15) is 5.75 Å². The Morgan fingerprint density at radius 2 is 2.15 bits per heavy atom. The Morgan fingerprint density at radius 3 is 2.80 bits per heavy atom. The van der Waals surface area contributed by atoms with Crippen molar-refractivity contribution in [1.29, 1.82) is 0 Å². The molecule has 1 unspecified atom stereocenters. The van der Waals surface area contributed by atoms with Crippen LogP contribution in [0.25, 0.3) is 0 Å². The summed E-state index contributed by atoms with van der Waals surface area (Å²) in [6.07, 6.45) is 1.14. The molecule has 1 saturated heterocycles. The van der Waals surface area contributed by atoms with E-state index in [0.717, 1.165) is 37.7 Å². The van der Waals surface area contributed by atoms with Gasteiger partial charge in [0.25, 0.3) is 0 Å². The fraction of sp³-hybridized carbons (Fsp3) is 0.625. The van der Waals surface area contributed by atoms with Crippen LogP contribution in [0, 0.1) is 0 Å². The van der Waals surface area contributed by atoms with E-state index in [4.69, 9.17) is 9.47 Å². The number of hydrogen-bond donors (Lipinski definition) is 1. The first-order valence-corrected chi connectivity index (χ1v) is 8.54. The summed E-state index contributed by atoms with van der Waals surface area (Å²) in [6, 6.07) is 8.73. The molecule has 1 atom stereocenters. The van der Waals surface area contributed by atoms with Crippen molar-refractivity contribution in [3.63, 3.8) is 0 Å². The topological polar surface area (TPSA) is 30.5 Å². The fourth-order valence-corrected chi connectivity index (χ4v) is 3.32. The second-order valence-electron chi connectivity index (χ2n) is 4.97. The van der Waals surface area contributed by atoms with Crippen LogP contribution in [0.5, 0.6) is 5.75 Å². The Balaban J connectivity index is 2.03. The van der Waals surface area contributed by atoms with Gasteiger partial charge in [-0.05, 0) is 26.0 Å². The minimum absolute atomic E-state index is 0.350. The molecule has 1 heterocycles. The summed E-state index contributed by atoms with van der Waals surface area (Å²) >= 11 is 2.00. The molecular weight excluding hydrogens is 270 g/mol. The average Bonchev–Trinajstić information content (AvgIpc) is 2.42. The van der Waals surface area contributed by atoms with Crippen molar-refractivity contribution >= 4 is 11.8 Å². The van der Waals surface area contributed by atoms with Crippen molar-refractivity contribution in [2.45, 2.75) is 31.6 Å². The Kier molecular flexibility index (Phi) is 6.70. The molecule has 1 aliphatic heterocycles. The molecule has 0 saturated carbocycles. The summed E-state index contributed by atoms with van der Waals surface area (Å²) < 4.78 is 11.0. The van der Waals surface area contributed by atoms with Crippen molar-refractivity contribution < 1.29 is 9.47 Å². The lowest BCUT2D eigenvalue weighted by Gasteiger charge is -2.28. The number of rotatable bonds is 9. The van der Waals surface area contributed by atoms with Gasteiger partial charge in [-0.2, -0.15) is 11.8 Å². The number of para-hydroxylation sites is 1. The van der Waals surface area contributed by atoms with Crippen LogP contribution in [0.3, 0.4) is 0 Å². The molecule has 20 heavy (non-hydrogen) atoms. The number of nitrogens with one attached hydrogen (secondary N) is 1. The number of thioether (sulfide) groups is 1. The fourth-order valence-electron chi connectivity index (χ4n) is 2.18. The number of hydrogen-bond acceptors (Lipinski definition) is 4. The predicted molar refractivity (Wildman–Crippen MR) is 85.7 cm³/mol. The van der Waals surface area contributed by atoms with E-state index < -0.39 is 0 Å². The van der Waals surface area contributed by atoms with Crippen LogP contribution in [-0.2, 0) is 4.74 Å². The maximum atomic E-state index is 5.77. The molecule has 0 spiro atoms. The molecule has 112 valence electrons. The highest BCUT2D eigenvalue weighted by molar-refractivity contribution is 8.00. The van der Waals surface area contributed by atoms with Crippen LogP contribution in [0.4, 0.5) is 0 Å². The van der Waals surface area contributed by atoms with Crippen LogP contribution in [-0.4, -0.2) is 37.4 Å². The minimum atomic E-state index is 0.350. The van der Waals surface area contributed by atoms with Gasteiger partial charge in [0, 0.05) is 17.4 Å². The van der Waals surface area contributed by atoms with E-state index in [0.29, 0.717) is 17.9 Å². The van der Waals surface area contributed by atoms with Crippen molar-refractivity contribution in [2.75, 3.05) is 32.1 Å². The van der Waals surface area contributed by atoms with Crippen LogP contribution in [0.15, 0.2) is 24.3 Å². The Morgan fingerprint density at radius 1 is 1.35 bits per heavy atom. The highest BCUT2D eigenvalue weighted by Crippen LogP contribution is 2.30. The van der Waals surface area contributed by atoms with Crippen molar-refractivity contribution in [2.24, 2.45) is 0 Å². The summed E-state index contributed by atoms with van der Waals surface area (Å²) in [5.41, 5.74) is 1.27. The Hall–Kier alpha value is -0.710. The molecule has 1 N–H and O–H groups in total. The van der Waals surface area contributed by atoms with Gasteiger partial charge in [-0.1, -0.05) is 25.1 Å². The molecule has 3 nitrogen and oxygen atoms in total. The quantitative estimate of drug-likeness (QED) is 0.757. The van der Waals surface area contributed by atoms with E-state index in [1.54, 1.807) is 0 Å². The van der Waals surface area contributed by atoms with Gasteiger partial charge in [-0.25, -0.2) is 0 Å². The number of benzene rings is 1. The third-order valence-corrected chi connectivity index (χ3v) is 4.61. The molecule has 0 bridgehead atoms. The lowest BCUT2D eigenvalue weighted by Crippen LogP contribution is -2.33. The molecule has 4 heteroatoms. The van der Waals surface area contributed by atoms with E-state index in [-0.39, 0.29) is 0 Å². The third-order valence-electron chi connectivity index (χ3n) is 3.34. The molecule has 1 fully saturated rings. The molecule has 0 amide bonds. The van der Waals surface area contributed by atoms with E-state index >= 15 is 0 Å². The summed E-state index contributed by atoms with van der Waals surface area (Å²) in [4.78, 5) is 0. The van der Waals surface area contributed by atoms with Gasteiger partial charge in [0.05, 0.1) is 25.1 Å². The Bertz CT molecular complexity index is 396. The van der Waals surface area contributed by atoms with E-state index in [2.05, 4.69) is 30.4 Å². The maximum absolute atomic E-state index is 5.77. The van der Waals surface area contributed by atoms with Crippen molar-refractivity contribution in [3.8, 4) is 5.75 Å². The third kappa shape index (κ3) is 4.40. The molecule has 1 aliphatic rings. The lowest BCUT2D eigenvalue weighted by molar-refractivity contribution is 0.0455. The highest BCUT2D eigenvalue weighted by Gasteiger charge is 2.22. The second-order valence-corrected chi connectivity index (χ2v) is 6.30. The average molecular weight is 295 g/mol. The molecule has 1 aromatic rings. The Labute approximate surface area is 126 Å². The zero-order valence-corrected chi connectivity index (χ0v) is 13.2. The van der Waals surface area contributed by atoms with E-state index in [9.17, 15) is 0 Å².